The van der Waals surface area contributed by atoms with Crippen molar-refractivity contribution < 1.29 is 32.7 Å². The third-order valence-electron chi connectivity index (χ3n) is 14.5. The fourth-order valence-corrected chi connectivity index (χ4v) is 16.7. The smallest absolute Gasteiger partial charge is 0.358 e. The van der Waals surface area contributed by atoms with Crippen molar-refractivity contribution in [3.63, 3.8) is 0 Å². The Morgan fingerprint density at radius 1 is 0.836 bits per heavy atom. The van der Waals surface area contributed by atoms with E-state index in [9.17, 15) is 14.2 Å². The highest BCUT2D eigenvalue weighted by atomic mass is 32.1. The number of carbonyl (C=O) groups is 2. The molecule has 15 nitrogen and oxygen atoms in total. The van der Waals surface area contributed by atoms with Crippen LogP contribution in [0.1, 0.15) is 159 Å². The van der Waals surface area contributed by atoms with Gasteiger partial charge >= 0.3 is 13.6 Å². The molecule has 5 heterocycles. The average molecular weight is 1040 g/mol. The lowest BCUT2D eigenvalue weighted by molar-refractivity contribution is -0.247. The van der Waals surface area contributed by atoms with Crippen LogP contribution >= 0.6 is 18.9 Å². The Bertz CT molecular complexity index is 2860. The summed E-state index contributed by atoms with van der Waals surface area (Å²) in [6, 6.07) is 13.5. The van der Waals surface area contributed by atoms with E-state index < -0.39 is 30.4 Å². The van der Waals surface area contributed by atoms with Gasteiger partial charge in [-0.15, -0.1) is 0 Å². The van der Waals surface area contributed by atoms with Crippen LogP contribution in [0.5, 0.6) is 0 Å². The average Bonchev–Trinajstić information content (AvgIpc) is 3.83. The number of fused-ring (bicyclic) bond motifs is 2. The summed E-state index contributed by atoms with van der Waals surface area (Å²) in [4.78, 5) is 45.0. The number of esters is 1. The van der Waals surface area contributed by atoms with Gasteiger partial charge in [-0.3, -0.25) is 19.4 Å². The molecule has 2 atom stereocenters. The van der Waals surface area contributed by atoms with Crippen molar-refractivity contribution in [2.45, 2.75) is 170 Å². The van der Waals surface area contributed by atoms with Gasteiger partial charge in [0.25, 0.3) is 5.91 Å². The van der Waals surface area contributed by atoms with E-state index in [1.54, 1.807) is 6.20 Å². The van der Waals surface area contributed by atoms with Crippen LogP contribution in [-0.4, -0.2) is 91.4 Å². The number of nitrogens with zero attached hydrogens (tertiary/aromatic N) is 6. The topological polar surface area (TPSA) is 172 Å². The lowest BCUT2D eigenvalue weighted by atomic mass is 9.39. The molecule has 2 N–H and O–H groups in total. The third kappa shape index (κ3) is 12.3. The fourth-order valence-electron chi connectivity index (χ4n) is 13.4. The Labute approximate surface area is 435 Å². The van der Waals surface area contributed by atoms with Gasteiger partial charge in [0.05, 0.1) is 35.8 Å². The Morgan fingerprint density at radius 3 is 2.25 bits per heavy atom. The van der Waals surface area contributed by atoms with Gasteiger partial charge < -0.3 is 28.7 Å². The maximum absolute atomic E-state index is 14.3. The second-order valence-electron chi connectivity index (χ2n) is 25.3. The minimum Gasteiger partial charge on any atom is -0.455 e. The summed E-state index contributed by atoms with van der Waals surface area (Å²) in [6.07, 6.45) is 11.8. The van der Waals surface area contributed by atoms with E-state index in [1.165, 1.54) is 17.8 Å². The number of benzene rings is 1. The predicted octanol–water partition coefficient (Wildman–Crippen LogP) is 12.0. The number of anilines is 2. The van der Waals surface area contributed by atoms with E-state index in [2.05, 4.69) is 57.0 Å². The van der Waals surface area contributed by atoms with Crippen molar-refractivity contribution in [1.29, 1.82) is 0 Å². The zero-order valence-electron chi connectivity index (χ0n) is 45.2. The van der Waals surface area contributed by atoms with Gasteiger partial charge in [0.2, 0.25) is 0 Å². The van der Waals surface area contributed by atoms with E-state index in [0.717, 1.165) is 71.4 Å². The van der Waals surface area contributed by atoms with Crippen molar-refractivity contribution in [2.24, 2.45) is 16.2 Å². The molecule has 1 amide bonds. The molecule has 0 saturated heterocycles. The highest BCUT2D eigenvalue weighted by molar-refractivity contribution is 7.53. The first-order chi connectivity index (χ1) is 34.1. The van der Waals surface area contributed by atoms with Gasteiger partial charge in [-0.05, 0) is 185 Å². The molecule has 1 aromatic carbocycles. The first-order valence-electron chi connectivity index (χ1n) is 26.1. The molecule has 1 aliphatic heterocycles. The Balaban J connectivity index is 0.901. The summed E-state index contributed by atoms with van der Waals surface area (Å²) in [5, 5.41) is 12.1. The first-order valence-corrected chi connectivity index (χ1v) is 28.7. The number of ether oxygens (including phenoxy) is 2. The van der Waals surface area contributed by atoms with Crippen LogP contribution in [0.4, 0.5) is 10.9 Å². The van der Waals surface area contributed by atoms with Gasteiger partial charge in [0.15, 0.2) is 10.8 Å². The van der Waals surface area contributed by atoms with Crippen molar-refractivity contribution in [2.75, 3.05) is 42.6 Å². The van der Waals surface area contributed by atoms with Gasteiger partial charge in [0.1, 0.15) is 21.8 Å². The Hall–Kier alpha value is -4.57. The SMILES string of the molecule is Cc1c(-c2ccc(N3CCc4cccc(C(=O)Nc5nc6cccnc6s5)c4C3)nc2C(=O)OC(C)(C)C)cnn1CC12CC3(C)CC(C)(C1)CC(OCCNCCCP(=O)(OC(C)(C)C)OC(C)(C)C)(C3)C2. The van der Waals surface area contributed by atoms with Gasteiger partial charge in [0, 0.05) is 54.8 Å². The van der Waals surface area contributed by atoms with Crippen molar-refractivity contribution in [3.8, 4) is 11.1 Å². The maximum Gasteiger partial charge on any atom is 0.358 e. The van der Waals surface area contributed by atoms with Crippen molar-refractivity contribution in [1.82, 2.24) is 30.0 Å². The molecule has 394 valence electrons. The Morgan fingerprint density at radius 2 is 1.56 bits per heavy atom. The van der Waals surface area contributed by atoms with Crippen molar-refractivity contribution in [3.05, 3.63) is 82.9 Å². The van der Waals surface area contributed by atoms with Crippen LogP contribution in [0.25, 0.3) is 21.5 Å². The molecule has 4 aliphatic carbocycles. The van der Waals surface area contributed by atoms with Crippen molar-refractivity contribution >= 4 is 52.1 Å². The quantitative estimate of drug-likeness (QED) is 0.0512. The number of amides is 1. The largest absolute Gasteiger partial charge is 0.455 e. The summed E-state index contributed by atoms with van der Waals surface area (Å²) in [5.74, 6) is -0.105. The number of thiazole rings is 1. The molecular weight excluding hydrogens is 960 g/mol. The monoisotopic (exact) mass is 1040 g/mol. The first kappa shape index (κ1) is 53.3. The fraction of sp³-hybridized carbons (Fsp3) is 0.607. The predicted molar refractivity (Wildman–Crippen MR) is 289 cm³/mol. The highest BCUT2D eigenvalue weighted by Crippen LogP contribution is 2.72. The number of hydrogen-bond acceptors (Lipinski definition) is 14. The second kappa shape index (κ2) is 19.5. The molecule has 4 bridgehead atoms. The van der Waals surface area contributed by atoms with E-state index >= 15 is 0 Å². The lowest BCUT2D eigenvalue weighted by Gasteiger charge is -2.69. The normalized spacial score (nSPS) is 24.0. The van der Waals surface area contributed by atoms with E-state index in [1.807, 2.05) is 105 Å². The Kier molecular flexibility index (Phi) is 14.3. The molecule has 0 spiro atoms. The summed E-state index contributed by atoms with van der Waals surface area (Å²) in [6.45, 7) is 27.9. The maximum atomic E-state index is 14.3. The van der Waals surface area contributed by atoms with Gasteiger partial charge in [-0.2, -0.15) is 5.10 Å². The summed E-state index contributed by atoms with van der Waals surface area (Å²) in [5.41, 5.74) is 4.23. The summed E-state index contributed by atoms with van der Waals surface area (Å²) < 4.78 is 41.0. The molecule has 4 fully saturated rings. The number of hydrogen-bond donors (Lipinski definition) is 2. The zero-order chi connectivity index (χ0) is 52.4. The molecule has 10 rings (SSSR count). The van der Waals surface area contributed by atoms with Gasteiger partial charge in [-0.1, -0.05) is 37.3 Å². The molecular formula is C56H77N8O7PS. The number of carbonyl (C=O) groups excluding carboxylic acids is 2. The van der Waals surface area contributed by atoms with Crippen LogP contribution in [0.15, 0.2) is 54.9 Å². The molecule has 2 unspecified atom stereocenters. The number of rotatable bonds is 17. The third-order valence-corrected chi connectivity index (χ3v) is 17.9. The lowest BCUT2D eigenvalue weighted by Crippen LogP contribution is -2.64. The molecule has 4 saturated carbocycles. The molecule has 4 aromatic heterocycles. The van der Waals surface area contributed by atoms with Crippen LogP contribution in [0.3, 0.4) is 0 Å². The summed E-state index contributed by atoms with van der Waals surface area (Å²) >= 11 is 1.34. The minimum absolute atomic E-state index is 0.0109. The zero-order valence-corrected chi connectivity index (χ0v) is 46.9. The van der Waals surface area contributed by atoms with E-state index in [4.69, 9.17) is 28.6 Å². The molecule has 5 aromatic rings. The number of nitrogens with one attached hydrogen (secondary N) is 2. The van der Waals surface area contributed by atoms with Gasteiger partial charge in [-0.25, -0.2) is 19.7 Å². The molecule has 73 heavy (non-hydrogen) atoms. The van der Waals surface area contributed by atoms with E-state index in [-0.39, 0.29) is 33.4 Å². The van der Waals surface area contributed by atoms with E-state index in [0.29, 0.717) is 73.9 Å². The molecule has 0 radical (unpaired) electrons. The van der Waals surface area contributed by atoms with Crippen LogP contribution in [0, 0.1) is 23.2 Å². The molecule has 17 heteroatoms. The number of aromatic nitrogens is 5. The van der Waals surface area contributed by atoms with Crippen LogP contribution < -0.4 is 15.5 Å². The van der Waals surface area contributed by atoms with Crippen LogP contribution in [0.2, 0.25) is 0 Å². The standard InChI is InChI=1S/C56H77N8O7PS/c1-37-41(28-59-64(37)36-55-31-53(11)30-54(12,32-55)34-56(33-53,35-55)68-26-24-57-22-15-27-72(67,70-51(5,6)7)71-52(8,9)10)39-19-20-44(61-45(39)48(66)69-50(2,3)4)63-25-21-38-16-13-17-40(42(38)29-63)46(65)62-49-60-43-18-14-23-58-47(43)73-49/h13-14,16-20,23,28,57H,15,21-22,24-27,29-36H2,1-12H3,(H,60,62,65). The number of pyridine rings is 2. The second-order valence-corrected chi connectivity index (χ2v) is 28.4. The van der Waals surface area contributed by atoms with Crippen LogP contribution in [-0.2, 0) is 42.6 Å². The molecule has 5 aliphatic rings. The summed E-state index contributed by atoms with van der Waals surface area (Å²) in [7, 11) is -3.29. The minimum atomic E-state index is -3.29. The highest BCUT2D eigenvalue weighted by Gasteiger charge is 2.66.